The van der Waals surface area contributed by atoms with Gasteiger partial charge in [-0.05, 0) is 113 Å². The van der Waals surface area contributed by atoms with Crippen molar-refractivity contribution >= 4 is 63.7 Å². The van der Waals surface area contributed by atoms with Crippen LogP contribution in [-0.4, -0.2) is 76.4 Å². The molecule has 1 aromatic heterocycles. The molecule has 3 saturated heterocycles. The van der Waals surface area contributed by atoms with E-state index in [1.807, 2.05) is 4.90 Å². The number of nitriles is 1. The number of hydrogen-bond donors (Lipinski definition) is 3. The van der Waals surface area contributed by atoms with E-state index in [1.54, 1.807) is 0 Å². The molecule has 4 amide bonds. The minimum Gasteiger partial charge on any atom is -0.493 e. The summed E-state index contributed by atoms with van der Waals surface area (Å²) in [5, 5.41) is 16.7. The van der Waals surface area contributed by atoms with Gasteiger partial charge < -0.3 is 20.3 Å². The number of imide groups is 1. The van der Waals surface area contributed by atoms with Crippen molar-refractivity contribution in [3.05, 3.63) is 71.3 Å². The summed E-state index contributed by atoms with van der Waals surface area (Å²) in [5.74, 6) is -6.01. The number of amides is 4. The molecule has 1 atom stereocenters. The SMILES string of the molecule is CC(F)(F)c1cc(N2C(=S)N(c3cnc(C#N)c(C(F)(F)F)c3)C(=O)C2(C)C)ccc1OCCC1CCN(CC(=O)Nc2cc(F)cc(NC3CCC(=O)NC3=O)c2)CC1. The monoisotopic (exact) mass is 858 g/mol. The second-order valence-electron chi connectivity index (χ2n) is 15.4. The number of carbonyl (C=O) groups is 4. The standard InChI is InChI=1S/C40H40F6N8O5S/c1-38(2)36(58)53(27-18-28(40(44,45)46)31(19-47)48-20-27)37(60)54(38)26-4-6-32(29(17-26)39(3,42)43)59-13-10-22-8-11-52(12-9-22)21-34(56)50-25-15-23(41)14-24(16-25)49-30-5-7-33(55)51-35(30)57/h4,6,14-18,20,22,30,49H,5,7-13,21H2,1-3H3,(H,50,56)(H,51,55,57). The van der Waals surface area contributed by atoms with Gasteiger partial charge in [0, 0.05) is 30.4 Å². The number of thiocarbonyl (C=S) groups is 1. The number of nitrogens with zero attached hydrogens (tertiary/aromatic N) is 5. The zero-order valence-electron chi connectivity index (χ0n) is 32.6. The molecule has 0 spiro atoms. The number of likely N-dealkylation sites (tertiary alicyclic amines) is 1. The molecule has 2 aromatic carbocycles. The van der Waals surface area contributed by atoms with Crippen molar-refractivity contribution in [2.45, 2.75) is 76.6 Å². The number of nitrogens with one attached hydrogen (secondary N) is 3. The number of alkyl halides is 5. The molecule has 6 rings (SSSR count). The lowest BCUT2D eigenvalue weighted by Crippen LogP contribution is -2.47. The molecule has 20 heteroatoms. The molecule has 3 aromatic rings. The Morgan fingerprint density at radius 2 is 1.70 bits per heavy atom. The van der Waals surface area contributed by atoms with Crippen molar-refractivity contribution in [1.29, 1.82) is 5.26 Å². The van der Waals surface area contributed by atoms with Crippen LogP contribution < -0.4 is 30.5 Å². The van der Waals surface area contributed by atoms with Crippen LogP contribution in [0.3, 0.4) is 0 Å². The first kappa shape index (κ1) is 43.8. The first-order chi connectivity index (χ1) is 28.1. The van der Waals surface area contributed by atoms with Crippen molar-refractivity contribution in [1.82, 2.24) is 15.2 Å². The molecular formula is C40H40F6N8O5S. The minimum absolute atomic E-state index is 0.0382. The molecule has 0 saturated carbocycles. The number of benzene rings is 2. The lowest BCUT2D eigenvalue weighted by molar-refractivity contribution is -0.138. The second kappa shape index (κ2) is 17.0. The fraction of sp³-hybridized carbons (Fsp3) is 0.425. The summed E-state index contributed by atoms with van der Waals surface area (Å²) < 4.78 is 91.6. The summed E-state index contributed by atoms with van der Waals surface area (Å²) in [6.45, 7) is 4.83. The van der Waals surface area contributed by atoms with E-state index < -0.39 is 58.1 Å². The molecule has 0 bridgehead atoms. The molecule has 13 nitrogen and oxygen atoms in total. The Hall–Kier alpha value is -5.81. The highest BCUT2D eigenvalue weighted by molar-refractivity contribution is 7.81. The van der Waals surface area contributed by atoms with Crippen molar-refractivity contribution in [3.63, 3.8) is 0 Å². The summed E-state index contributed by atoms with van der Waals surface area (Å²) >= 11 is 5.54. The van der Waals surface area contributed by atoms with Crippen LogP contribution in [-0.2, 0) is 31.3 Å². The van der Waals surface area contributed by atoms with Crippen molar-refractivity contribution in [3.8, 4) is 11.8 Å². The van der Waals surface area contributed by atoms with Crippen LogP contribution in [0.25, 0.3) is 0 Å². The lowest BCUT2D eigenvalue weighted by atomic mass is 9.94. The molecular weight excluding hydrogens is 819 g/mol. The zero-order chi connectivity index (χ0) is 43.7. The normalized spacial score (nSPS) is 19.0. The molecule has 1 unspecified atom stereocenters. The Balaban J connectivity index is 1.04. The van der Waals surface area contributed by atoms with E-state index in [9.17, 15) is 36.7 Å². The van der Waals surface area contributed by atoms with Crippen LogP contribution in [0.1, 0.15) is 69.7 Å². The summed E-state index contributed by atoms with van der Waals surface area (Å²) in [5.41, 5.74) is -4.09. The minimum atomic E-state index is -4.96. The van der Waals surface area contributed by atoms with Crippen molar-refractivity contribution < 1.29 is 50.3 Å². The maximum Gasteiger partial charge on any atom is 0.419 e. The number of carbonyl (C=O) groups excluding carboxylic acids is 4. The molecule has 60 heavy (non-hydrogen) atoms. The predicted molar refractivity (Wildman–Crippen MR) is 211 cm³/mol. The number of pyridine rings is 1. The fourth-order valence-electron chi connectivity index (χ4n) is 7.41. The van der Waals surface area contributed by atoms with E-state index in [0.717, 1.165) is 23.2 Å². The molecule has 0 radical (unpaired) electrons. The van der Waals surface area contributed by atoms with Gasteiger partial charge in [0.15, 0.2) is 10.8 Å². The van der Waals surface area contributed by atoms with Crippen LogP contribution in [0.5, 0.6) is 5.75 Å². The first-order valence-electron chi connectivity index (χ1n) is 18.9. The summed E-state index contributed by atoms with van der Waals surface area (Å²) in [6, 6.07) is 8.95. The first-order valence-corrected chi connectivity index (χ1v) is 19.3. The van der Waals surface area contributed by atoms with Gasteiger partial charge in [0.05, 0.1) is 36.2 Å². The number of halogens is 6. The predicted octanol–water partition coefficient (Wildman–Crippen LogP) is 6.48. The smallest absolute Gasteiger partial charge is 0.419 e. The van der Waals surface area contributed by atoms with Gasteiger partial charge in [-0.3, -0.25) is 34.3 Å². The number of rotatable bonds is 12. The van der Waals surface area contributed by atoms with Crippen LogP contribution in [0.15, 0.2) is 48.7 Å². The van der Waals surface area contributed by atoms with E-state index in [4.69, 9.17) is 22.2 Å². The van der Waals surface area contributed by atoms with Crippen molar-refractivity contribution in [2.24, 2.45) is 5.92 Å². The summed E-state index contributed by atoms with van der Waals surface area (Å²) in [6.07, 6.45) is -1.75. The van der Waals surface area contributed by atoms with Crippen LogP contribution >= 0.6 is 12.2 Å². The maximum absolute atomic E-state index is 15.1. The molecule has 3 fully saturated rings. The Morgan fingerprint density at radius 3 is 2.35 bits per heavy atom. The molecule has 4 heterocycles. The van der Waals surface area contributed by atoms with E-state index in [1.165, 1.54) is 49.1 Å². The van der Waals surface area contributed by atoms with E-state index in [0.29, 0.717) is 45.3 Å². The third-order valence-electron chi connectivity index (χ3n) is 10.5. The Kier molecular flexibility index (Phi) is 12.4. The van der Waals surface area contributed by atoms with Crippen molar-refractivity contribution in [2.75, 3.05) is 46.7 Å². The van der Waals surface area contributed by atoms with Gasteiger partial charge in [-0.25, -0.2) is 18.2 Å². The summed E-state index contributed by atoms with van der Waals surface area (Å²) in [4.78, 5) is 57.6. The lowest BCUT2D eigenvalue weighted by Gasteiger charge is -2.32. The van der Waals surface area contributed by atoms with Gasteiger partial charge in [0.1, 0.15) is 29.2 Å². The molecule has 3 aliphatic heterocycles. The third kappa shape index (κ3) is 9.63. The third-order valence-corrected chi connectivity index (χ3v) is 10.9. The van der Waals surface area contributed by atoms with Crippen LogP contribution in [0.2, 0.25) is 0 Å². The Bertz CT molecular complexity index is 2250. The van der Waals surface area contributed by atoms with Gasteiger partial charge in [0.25, 0.3) is 11.8 Å². The van der Waals surface area contributed by atoms with E-state index in [-0.39, 0.29) is 77.3 Å². The number of hydrogen-bond acceptors (Lipinski definition) is 10. The Morgan fingerprint density at radius 1 is 1.02 bits per heavy atom. The highest BCUT2D eigenvalue weighted by Gasteiger charge is 2.51. The van der Waals surface area contributed by atoms with Crippen LogP contribution in [0.4, 0.5) is 49.1 Å². The topological polar surface area (TPSA) is 160 Å². The van der Waals surface area contributed by atoms with Crippen LogP contribution in [0, 0.1) is 23.1 Å². The molecule has 318 valence electrons. The quantitative estimate of drug-likeness (QED) is 0.104. The van der Waals surface area contributed by atoms with Gasteiger partial charge >= 0.3 is 6.18 Å². The zero-order valence-corrected chi connectivity index (χ0v) is 33.4. The van der Waals surface area contributed by atoms with Gasteiger partial charge in [0.2, 0.25) is 17.7 Å². The number of aromatic nitrogens is 1. The maximum atomic E-state index is 15.1. The number of ether oxygens (including phenoxy) is 1. The average Bonchev–Trinajstić information content (AvgIpc) is 3.34. The highest BCUT2D eigenvalue weighted by atomic mass is 32.1. The van der Waals surface area contributed by atoms with Gasteiger partial charge in [-0.1, -0.05) is 0 Å². The Labute approximate surface area is 346 Å². The van der Waals surface area contributed by atoms with Gasteiger partial charge in [-0.15, -0.1) is 0 Å². The highest BCUT2D eigenvalue weighted by Crippen LogP contribution is 2.43. The number of piperidine rings is 2. The molecule has 3 aliphatic rings. The number of anilines is 4. The van der Waals surface area contributed by atoms with E-state index in [2.05, 4.69) is 20.9 Å². The largest absolute Gasteiger partial charge is 0.493 e. The van der Waals surface area contributed by atoms with Gasteiger partial charge in [-0.2, -0.15) is 18.4 Å². The van der Waals surface area contributed by atoms with E-state index >= 15 is 8.78 Å². The summed E-state index contributed by atoms with van der Waals surface area (Å²) in [7, 11) is 0. The molecule has 0 aliphatic carbocycles. The molecule has 3 N–H and O–H groups in total. The average molecular weight is 859 g/mol. The fourth-order valence-corrected chi connectivity index (χ4v) is 7.94. The second-order valence-corrected chi connectivity index (χ2v) is 15.7.